The number of benzene rings is 3. The minimum Gasteiger partial charge on any atom is -0.361 e. The summed E-state index contributed by atoms with van der Waals surface area (Å²) >= 11 is 6.32. The van der Waals surface area contributed by atoms with Gasteiger partial charge in [-0.05, 0) is 53.9 Å². The van der Waals surface area contributed by atoms with Crippen LogP contribution in [0.5, 0.6) is 0 Å². The number of rotatable bonds is 3. The lowest BCUT2D eigenvalue weighted by Crippen LogP contribution is -2.20. The van der Waals surface area contributed by atoms with Crippen LogP contribution in [-0.4, -0.2) is 15.0 Å². The molecule has 0 atom stereocenters. The molecule has 0 aliphatic carbocycles. The second kappa shape index (κ2) is 7.14. The Hall–Kier alpha value is -3.76. The van der Waals surface area contributed by atoms with Gasteiger partial charge in [0, 0.05) is 61.6 Å². The van der Waals surface area contributed by atoms with Gasteiger partial charge in [-0.25, -0.2) is 0 Å². The third-order valence-corrected chi connectivity index (χ3v) is 6.67. The zero-order valence-corrected chi connectivity index (χ0v) is 18.1. The van der Waals surface area contributed by atoms with Crippen molar-refractivity contribution in [1.82, 2.24) is 15.0 Å². The lowest BCUT2D eigenvalue weighted by molar-refractivity contribution is 0.953. The number of aromatic nitrogens is 3. The van der Waals surface area contributed by atoms with E-state index in [4.69, 9.17) is 11.6 Å². The van der Waals surface area contributed by atoms with Gasteiger partial charge in [-0.15, -0.1) is 0 Å². The van der Waals surface area contributed by atoms with Gasteiger partial charge in [0.15, 0.2) is 0 Å². The molecular weight excluding hydrogens is 418 g/mol. The summed E-state index contributed by atoms with van der Waals surface area (Å²) in [6.07, 6.45) is 4.05. The van der Waals surface area contributed by atoms with Gasteiger partial charge in [0.2, 0.25) is 0 Å². The zero-order chi connectivity index (χ0) is 21.8. The first-order valence-corrected chi connectivity index (χ1v) is 10.9. The Balaban J connectivity index is 1.73. The van der Waals surface area contributed by atoms with Crippen molar-refractivity contribution in [3.63, 3.8) is 0 Å². The summed E-state index contributed by atoms with van der Waals surface area (Å²) < 4.78 is 0. The van der Waals surface area contributed by atoms with E-state index in [9.17, 15) is 4.79 Å². The molecule has 0 amide bonds. The van der Waals surface area contributed by atoms with Crippen molar-refractivity contribution in [2.24, 2.45) is 0 Å². The maximum atomic E-state index is 13.5. The van der Waals surface area contributed by atoms with Crippen LogP contribution in [0.4, 0.5) is 0 Å². The Morgan fingerprint density at radius 3 is 1.97 bits per heavy atom. The van der Waals surface area contributed by atoms with Crippen molar-refractivity contribution in [1.29, 1.82) is 0 Å². The normalized spacial score (nSPS) is 11.8. The smallest absolute Gasteiger partial charge is 0.252 e. The van der Waals surface area contributed by atoms with Crippen molar-refractivity contribution < 1.29 is 0 Å². The van der Waals surface area contributed by atoms with Crippen molar-refractivity contribution in [3.05, 3.63) is 117 Å². The number of para-hydroxylation sites is 2. The van der Waals surface area contributed by atoms with Crippen molar-refractivity contribution in [3.8, 4) is 0 Å². The maximum absolute atomic E-state index is 13.5. The van der Waals surface area contributed by atoms with Crippen LogP contribution >= 0.6 is 11.6 Å². The molecule has 0 saturated heterocycles. The van der Waals surface area contributed by atoms with E-state index < -0.39 is 0 Å². The average molecular weight is 438 g/mol. The highest BCUT2D eigenvalue weighted by Gasteiger charge is 2.27. The van der Waals surface area contributed by atoms with E-state index in [1.54, 1.807) is 6.07 Å². The van der Waals surface area contributed by atoms with Gasteiger partial charge >= 0.3 is 0 Å². The minimum atomic E-state index is -0.255. The van der Waals surface area contributed by atoms with Crippen LogP contribution < -0.4 is 5.56 Å². The number of hydrogen-bond acceptors (Lipinski definition) is 1. The fourth-order valence-electron chi connectivity index (χ4n) is 4.93. The number of aryl methyl sites for hydroxylation is 1. The second-order valence-corrected chi connectivity index (χ2v) is 8.63. The summed E-state index contributed by atoms with van der Waals surface area (Å²) in [6, 6.07) is 22.0. The van der Waals surface area contributed by atoms with E-state index in [0.717, 1.165) is 55.0 Å². The molecule has 3 aromatic heterocycles. The second-order valence-electron chi connectivity index (χ2n) is 8.19. The SMILES string of the molecule is Cc1c(C(c2c[nH]c3ccccc23)c2c[nH]c3ccccc23)c(=O)[nH]c2ccc(Cl)cc12. The summed E-state index contributed by atoms with van der Waals surface area (Å²) in [5.41, 5.74) is 6.60. The van der Waals surface area contributed by atoms with Crippen LogP contribution in [0, 0.1) is 6.92 Å². The molecule has 6 aromatic rings. The molecule has 3 heterocycles. The Morgan fingerprint density at radius 1 is 0.750 bits per heavy atom. The highest BCUT2D eigenvalue weighted by Crippen LogP contribution is 2.40. The molecule has 0 fully saturated rings. The Kier molecular flexibility index (Phi) is 4.23. The van der Waals surface area contributed by atoms with E-state index in [2.05, 4.69) is 39.2 Å². The molecule has 4 nitrogen and oxygen atoms in total. The van der Waals surface area contributed by atoms with Crippen molar-refractivity contribution in [2.45, 2.75) is 12.8 Å². The summed E-state index contributed by atoms with van der Waals surface area (Å²) in [4.78, 5) is 23.4. The van der Waals surface area contributed by atoms with E-state index in [1.165, 1.54) is 0 Å². The maximum Gasteiger partial charge on any atom is 0.252 e. The quantitative estimate of drug-likeness (QED) is 0.285. The van der Waals surface area contributed by atoms with Gasteiger partial charge in [-0.3, -0.25) is 4.79 Å². The summed E-state index contributed by atoms with van der Waals surface area (Å²) in [5, 5.41) is 3.81. The van der Waals surface area contributed by atoms with Crippen LogP contribution in [0.2, 0.25) is 5.02 Å². The molecule has 6 rings (SSSR count). The number of halogens is 1. The fraction of sp³-hybridized carbons (Fsp3) is 0.0741. The Bertz CT molecular complexity index is 1610. The van der Waals surface area contributed by atoms with Crippen molar-refractivity contribution >= 4 is 44.3 Å². The molecule has 5 heteroatoms. The highest BCUT2D eigenvalue weighted by molar-refractivity contribution is 6.31. The number of pyridine rings is 1. The van der Waals surface area contributed by atoms with E-state index in [-0.39, 0.29) is 11.5 Å². The zero-order valence-electron chi connectivity index (χ0n) is 17.4. The molecule has 0 unspecified atom stereocenters. The summed E-state index contributed by atoms with van der Waals surface area (Å²) in [5.74, 6) is -0.255. The number of nitrogens with one attached hydrogen (secondary N) is 3. The van der Waals surface area contributed by atoms with Crippen LogP contribution in [0.1, 0.15) is 28.2 Å². The van der Waals surface area contributed by atoms with E-state index >= 15 is 0 Å². The first kappa shape index (κ1) is 19.0. The fourth-order valence-corrected chi connectivity index (χ4v) is 5.10. The topological polar surface area (TPSA) is 64.4 Å². The molecule has 0 aliphatic heterocycles. The van der Waals surface area contributed by atoms with Crippen molar-refractivity contribution in [2.75, 3.05) is 0 Å². The minimum absolute atomic E-state index is 0.0853. The van der Waals surface area contributed by atoms with Crippen LogP contribution in [-0.2, 0) is 0 Å². The Labute approximate surface area is 188 Å². The number of fused-ring (bicyclic) bond motifs is 3. The van der Waals surface area contributed by atoms with Gasteiger partial charge < -0.3 is 15.0 Å². The first-order chi connectivity index (χ1) is 15.6. The summed E-state index contributed by atoms with van der Waals surface area (Å²) in [7, 11) is 0. The first-order valence-electron chi connectivity index (χ1n) is 10.6. The standard InChI is InChI=1S/C27H20ClN3O/c1-15-19-12-16(28)10-11-24(19)31-27(32)25(15)26(20-13-29-22-8-4-2-6-17(20)22)21-14-30-23-9-5-3-7-18(21)23/h2-14,26,29-30H,1H3,(H,31,32). The van der Waals surface area contributed by atoms with Gasteiger partial charge in [0.25, 0.3) is 5.56 Å². The molecule has 0 radical (unpaired) electrons. The number of H-pyrrole nitrogens is 3. The van der Waals surface area contributed by atoms with Crippen LogP contribution in [0.3, 0.4) is 0 Å². The van der Waals surface area contributed by atoms with Crippen LogP contribution in [0.15, 0.2) is 83.9 Å². The van der Waals surface area contributed by atoms with E-state index in [0.29, 0.717) is 5.02 Å². The molecule has 3 aromatic carbocycles. The number of aromatic amines is 3. The van der Waals surface area contributed by atoms with Gasteiger partial charge in [0.05, 0.1) is 0 Å². The molecule has 0 saturated carbocycles. The lowest BCUT2D eigenvalue weighted by Gasteiger charge is -2.20. The molecule has 0 aliphatic rings. The molecular formula is C27H20ClN3O. The predicted octanol–water partition coefficient (Wildman–Crippen LogP) is 6.63. The van der Waals surface area contributed by atoms with E-state index in [1.807, 2.05) is 55.7 Å². The average Bonchev–Trinajstić information content (AvgIpc) is 3.42. The molecule has 3 N–H and O–H groups in total. The van der Waals surface area contributed by atoms with Crippen LogP contribution in [0.25, 0.3) is 32.7 Å². The highest BCUT2D eigenvalue weighted by atomic mass is 35.5. The molecule has 156 valence electrons. The largest absolute Gasteiger partial charge is 0.361 e. The monoisotopic (exact) mass is 437 g/mol. The third kappa shape index (κ3) is 2.80. The summed E-state index contributed by atoms with van der Waals surface area (Å²) in [6.45, 7) is 2.01. The van der Waals surface area contributed by atoms with Gasteiger partial charge in [0.1, 0.15) is 0 Å². The number of hydrogen-bond donors (Lipinski definition) is 3. The van der Waals surface area contributed by atoms with Gasteiger partial charge in [-0.1, -0.05) is 48.0 Å². The molecule has 32 heavy (non-hydrogen) atoms. The van der Waals surface area contributed by atoms with Gasteiger partial charge in [-0.2, -0.15) is 0 Å². The lowest BCUT2D eigenvalue weighted by atomic mass is 9.82. The Morgan fingerprint density at radius 2 is 1.34 bits per heavy atom. The molecule has 0 bridgehead atoms. The third-order valence-electron chi connectivity index (χ3n) is 6.44. The molecule has 0 spiro atoms. The predicted molar refractivity (Wildman–Crippen MR) is 132 cm³/mol.